The highest BCUT2D eigenvalue weighted by Gasteiger charge is 2.26. The molecule has 9 nitrogen and oxygen atoms in total. The van der Waals surface area contributed by atoms with Gasteiger partial charge < -0.3 is 26.0 Å². The molecule has 10 heteroatoms. The molecule has 0 unspecified atom stereocenters. The number of hydrogen-bond donors (Lipinski definition) is 4. The Labute approximate surface area is 194 Å². The molecule has 0 spiro atoms. The summed E-state index contributed by atoms with van der Waals surface area (Å²) in [6, 6.07) is 5.98. The summed E-state index contributed by atoms with van der Waals surface area (Å²) in [6.45, 7) is 5.44. The predicted octanol–water partition coefficient (Wildman–Crippen LogP) is 1.07. The van der Waals surface area contributed by atoms with Crippen molar-refractivity contribution in [3.05, 3.63) is 35.9 Å². The lowest BCUT2D eigenvalue weighted by atomic mass is 10.1. The van der Waals surface area contributed by atoms with Crippen LogP contribution in [-0.4, -0.2) is 60.5 Å². The molecule has 3 atom stereocenters. The first kappa shape index (κ1) is 27.0. The second kappa shape index (κ2) is 14.1. The molecule has 1 aromatic carbocycles. The second-order valence-corrected chi connectivity index (χ2v) is 7.97. The van der Waals surface area contributed by atoms with Crippen LogP contribution < -0.4 is 21.3 Å². The van der Waals surface area contributed by atoms with E-state index in [1.165, 1.54) is 21.0 Å². The van der Waals surface area contributed by atoms with Crippen LogP contribution in [0.15, 0.2) is 30.3 Å². The van der Waals surface area contributed by atoms with E-state index in [0.29, 0.717) is 29.9 Å². The van der Waals surface area contributed by atoms with Gasteiger partial charge in [-0.1, -0.05) is 30.4 Å². The second-order valence-electron chi connectivity index (χ2n) is 7.35. The van der Waals surface area contributed by atoms with Gasteiger partial charge in [-0.15, -0.1) is 0 Å². The number of ether oxygens (including phenoxy) is 1. The van der Waals surface area contributed by atoms with E-state index in [1.54, 1.807) is 37.3 Å². The molecule has 0 heterocycles. The molecule has 0 aliphatic carbocycles. The van der Waals surface area contributed by atoms with Gasteiger partial charge in [0.05, 0.1) is 12.1 Å². The molecule has 0 radical (unpaired) electrons. The Kier molecular flexibility index (Phi) is 11.9. The van der Waals surface area contributed by atoms with Crippen LogP contribution in [0.5, 0.6) is 0 Å². The normalized spacial score (nSPS) is 13.1. The number of benzene rings is 1. The molecule has 3 amide bonds. The van der Waals surface area contributed by atoms with Gasteiger partial charge in [-0.3, -0.25) is 14.4 Å². The number of unbranched alkanes of at least 4 members (excludes halogenated alkanes) is 1. The third-order valence-corrected chi connectivity index (χ3v) is 4.76. The SMILES string of the molecule is COC(=O)[C@H](C)NC(=O)[C@H](C)NC(=O)[C@H](CCCCNC(C)=S)NC(=O)c1ccccc1. The third-order valence-electron chi connectivity index (χ3n) is 4.62. The van der Waals surface area contributed by atoms with Crippen LogP contribution >= 0.6 is 12.2 Å². The van der Waals surface area contributed by atoms with Gasteiger partial charge in [-0.25, -0.2) is 4.79 Å². The number of amides is 3. The summed E-state index contributed by atoms with van der Waals surface area (Å²) >= 11 is 4.98. The van der Waals surface area contributed by atoms with Crippen molar-refractivity contribution >= 4 is 40.9 Å². The fourth-order valence-electron chi connectivity index (χ4n) is 2.79. The highest BCUT2D eigenvalue weighted by atomic mass is 32.1. The molecular weight excluding hydrogens is 432 g/mol. The van der Waals surface area contributed by atoms with Crippen molar-refractivity contribution in [1.82, 2.24) is 21.3 Å². The fraction of sp³-hybridized carbons (Fsp3) is 0.500. The molecule has 0 aliphatic rings. The molecule has 0 aliphatic heterocycles. The Morgan fingerprint density at radius 1 is 0.938 bits per heavy atom. The number of esters is 1. The van der Waals surface area contributed by atoms with Crippen LogP contribution in [0, 0.1) is 0 Å². The summed E-state index contributed by atoms with van der Waals surface area (Å²) in [5, 5.41) is 10.9. The molecule has 0 fully saturated rings. The van der Waals surface area contributed by atoms with E-state index in [9.17, 15) is 19.2 Å². The van der Waals surface area contributed by atoms with Crippen LogP contribution in [0.2, 0.25) is 0 Å². The molecule has 1 rings (SSSR count). The predicted molar refractivity (Wildman–Crippen MR) is 125 cm³/mol. The minimum absolute atomic E-state index is 0.380. The number of carbonyl (C=O) groups is 4. The van der Waals surface area contributed by atoms with Gasteiger partial charge in [-0.05, 0) is 52.2 Å². The van der Waals surface area contributed by atoms with Crippen molar-refractivity contribution in [3.8, 4) is 0 Å². The Morgan fingerprint density at radius 3 is 2.16 bits per heavy atom. The molecule has 4 N–H and O–H groups in total. The van der Waals surface area contributed by atoms with Gasteiger partial charge in [0.15, 0.2) is 0 Å². The Bertz CT molecular complexity index is 803. The van der Waals surface area contributed by atoms with Crippen molar-refractivity contribution in [2.24, 2.45) is 0 Å². The van der Waals surface area contributed by atoms with Crippen molar-refractivity contribution in [3.63, 3.8) is 0 Å². The molecule has 0 bridgehead atoms. The first-order valence-corrected chi connectivity index (χ1v) is 10.9. The highest BCUT2D eigenvalue weighted by Crippen LogP contribution is 2.05. The van der Waals surface area contributed by atoms with Gasteiger partial charge >= 0.3 is 5.97 Å². The lowest BCUT2D eigenvalue weighted by Gasteiger charge is -2.22. The Balaban J connectivity index is 2.74. The van der Waals surface area contributed by atoms with Crippen LogP contribution in [0.25, 0.3) is 0 Å². The average Bonchev–Trinajstić information content (AvgIpc) is 2.77. The Hall–Kier alpha value is -3.01. The molecule has 176 valence electrons. The van der Waals surface area contributed by atoms with Crippen molar-refractivity contribution < 1.29 is 23.9 Å². The van der Waals surface area contributed by atoms with Gasteiger partial charge in [0.2, 0.25) is 11.8 Å². The van der Waals surface area contributed by atoms with E-state index in [4.69, 9.17) is 12.2 Å². The Morgan fingerprint density at radius 2 is 1.56 bits per heavy atom. The van der Waals surface area contributed by atoms with Crippen molar-refractivity contribution in [2.75, 3.05) is 13.7 Å². The first-order valence-electron chi connectivity index (χ1n) is 10.4. The lowest BCUT2D eigenvalue weighted by molar-refractivity contribution is -0.144. The number of carbonyl (C=O) groups excluding carboxylic acids is 4. The molecule has 0 saturated carbocycles. The number of methoxy groups -OCH3 is 1. The third kappa shape index (κ3) is 9.86. The maximum absolute atomic E-state index is 12.8. The first-order chi connectivity index (χ1) is 15.1. The van der Waals surface area contributed by atoms with E-state index in [2.05, 4.69) is 26.0 Å². The topological polar surface area (TPSA) is 126 Å². The van der Waals surface area contributed by atoms with Gasteiger partial charge in [0.25, 0.3) is 5.91 Å². The average molecular weight is 465 g/mol. The van der Waals surface area contributed by atoms with Crippen LogP contribution in [0.4, 0.5) is 0 Å². The van der Waals surface area contributed by atoms with E-state index in [0.717, 1.165) is 6.42 Å². The van der Waals surface area contributed by atoms with Crippen LogP contribution in [0.1, 0.15) is 50.4 Å². The summed E-state index contributed by atoms with van der Waals surface area (Å²) in [6.07, 6.45) is 1.80. The van der Waals surface area contributed by atoms with Gasteiger partial charge in [-0.2, -0.15) is 0 Å². The lowest BCUT2D eigenvalue weighted by Crippen LogP contribution is -2.54. The minimum Gasteiger partial charge on any atom is -0.467 e. The van der Waals surface area contributed by atoms with Gasteiger partial charge in [0, 0.05) is 12.1 Å². The van der Waals surface area contributed by atoms with Crippen molar-refractivity contribution in [2.45, 2.75) is 58.2 Å². The maximum atomic E-state index is 12.8. The molecule has 0 saturated heterocycles. The monoisotopic (exact) mass is 464 g/mol. The summed E-state index contributed by atoms with van der Waals surface area (Å²) in [4.78, 5) is 49.9. The number of thiocarbonyl (C=S) groups is 1. The molecule has 0 aromatic heterocycles. The number of rotatable bonds is 12. The van der Waals surface area contributed by atoms with E-state index in [-0.39, 0.29) is 5.91 Å². The largest absolute Gasteiger partial charge is 0.467 e. The van der Waals surface area contributed by atoms with E-state index in [1.807, 2.05) is 0 Å². The molecule has 32 heavy (non-hydrogen) atoms. The zero-order valence-electron chi connectivity index (χ0n) is 18.9. The zero-order chi connectivity index (χ0) is 24.1. The van der Waals surface area contributed by atoms with Crippen LogP contribution in [0.3, 0.4) is 0 Å². The molecular formula is C22H32N4O5S. The standard InChI is InChI=1S/C22H32N4O5S/c1-14(19(27)25-15(2)22(30)31-4)24-21(29)18(12-8-9-13-23-16(3)32)26-20(28)17-10-6-5-7-11-17/h5-7,10-11,14-15,18H,8-9,12-13H2,1-4H3,(H,23,32)(H,24,29)(H,25,27)(H,26,28)/t14-,15-,18-/m0/s1. The fourth-order valence-corrected chi connectivity index (χ4v) is 2.89. The van der Waals surface area contributed by atoms with E-state index < -0.39 is 35.9 Å². The van der Waals surface area contributed by atoms with Gasteiger partial charge in [0.1, 0.15) is 18.1 Å². The summed E-state index contributed by atoms with van der Waals surface area (Å²) in [5.41, 5.74) is 0.431. The zero-order valence-corrected chi connectivity index (χ0v) is 19.7. The summed E-state index contributed by atoms with van der Waals surface area (Å²) in [5.74, 6) is -1.99. The summed E-state index contributed by atoms with van der Waals surface area (Å²) in [7, 11) is 1.22. The van der Waals surface area contributed by atoms with Crippen molar-refractivity contribution in [1.29, 1.82) is 0 Å². The smallest absolute Gasteiger partial charge is 0.328 e. The maximum Gasteiger partial charge on any atom is 0.328 e. The van der Waals surface area contributed by atoms with E-state index >= 15 is 0 Å². The number of nitrogens with one attached hydrogen (secondary N) is 4. The quantitative estimate of drug-likeness (QED) is 0.207. The molecule has 1 aromatic rings. The number of hydrogen-bond acceptors (Lipinski definition) is 6. The minimum atomic E-state index is -0.912. The van der Waals surface area contributed by atoms with Crippen LogP contribution in [-0.2, 0) is 19.1 Å². The highest BCUT2D eigenvalue weighted by molar-refractivity contribution is 7.80. The summed E-state index contributed by atoms with van der Waals surface area (Å²) < 4.78 is 4.57.